The van der Waals surface area contributed by atoms with Gasteiger partial charge < -0.3 is 20.5 Å². The second-order valence-electron chi connectivity index (χ2n) is 5.80. The highest BCUT2D eigenvalue weighted by atomic mass is 16.2. The van der Waals surface area contributed by atoms with Crippen molar-refractivity contribution in [3.63, 3.8) is 0 Å². The number of H-pyrrole nitrogens is 1. The van der Waals surface area contributed by atoms with Gasteiger partial charge in [0.05, 0.1) is 5.57 Å². The van der Waals surface area contributed by atoms with Gasteiger partial charge in [0.15, 0.2) is 0 Å². The van der Waals surface area contributed by atoms with Gasteiger partial charge in [-0.05, 0) is 27.7 Å². The molecular weight excluding hydrogens is 294 g/mol. The zero-order valence-electron chi connectivity index (χ0n) is 14.0. The summed E-state index contributed by atoms with van der Waals surface area (Å²) < 4.78 is 0. The van der Waals surface area contributed by atoms with E-state index in [1.165, 1.54) is 0 Å². The van der Waals surface area contributed by atoms with Crippen LogP contribution in [0, 0.1) is 6.92 Å². The van der Waals surface area contributed by atoms with Crippen LogP contribution in [0.1, 0.15) is 38.3 Å². The van der Waals surface area contributed by atoms with Crippen molar-refractivity contribution < 1.29 is 9.59 Å². The van der Waals surface area contributed by atoms with Crippen molar-refractivity contribution >= 4 is 11.9 Å². The Bertz CT molecular complexity index is 674. The van der Waals surface area contributed by atoms with Gasteiger partial charge in [-0.2, -0.15) is 0 Å². The predicted molar refractivity (Wildman–Crippen MR) is 87.5 cm³/mol. The minimum atomic E-state index is -0.593. The fourth-order valence-electron chi connectivity index (χ4n) is 2.59. The molecule has 0 radical (unpaired) electrons. The maximum absolute atomic E-state index is 13.0. The molecule has 7 heteroatoms. The van der Waals surface area contributed by atoms with E-state index in [0.29, 0.717) is 30.2 Å². The molecule has 1 aromatic rings. The summed E-state index contributed by atoms with van der Waals surface area (Å²) in [7, 11) is 0. The molecule has 3 amide bonds. The molecule has 0 unspecified atom stereocenters. The number of carbonyl (C=O) groups is 2. The topological polar surface area (TPSA) is 90.1 Å². The standard InChI is InChI=1S/C16H23N5O2/c1-6-21(8-9(2)3)15(22)12-11(5)19-16(23)20-13(12)14-17-7-10(4)18-14/h7,13H,2,6,8H2,1,3-5H3,(H,17,18)(H2,19,20,23)/t13-/m0/s1. The highest BCUT2D eigenvalue weighted by Gasteiger charge is 2.34. The minimum absolute atomic E-state index is 0.139. The van der Waals surface area contributed by atoms with Gasteiger partial charge in [0.25, 0.3) is 5.91 Å². The second-order valence-corrected chi connectivity index (χ2v) is 5.80. The lowest BCUT2D eigenvalue weighted by molar-refractivity contribution is -0.127. The van der Waals surface area contributed by atoms with Crippen molar-refractivity contribution in [2.45, 2.75) is 33.7 Å². The van der Waals surface area contributed by atoms with E-state index >= 15 is 0 Å². The number of aromatic nitrogens is 2. The van der Waals surface area contributed by atoms with Crippen LogP contribution in [-0.2, 0) is 4.79 Å². The molecule has 1 aliphatic rings. The van der Waals surface area contributed by atoms with Crippen LogP contribution in [0.3, 0.4) is 0 Å². The van der Waals surface area contributed by atoms with E-state index in [1.54, 1.807) is 18.0 Å². The zero-order chi connectivity index (χ0) is 17.1. The number of hydrogen-bond acceptors (Lipinski definition) is 3. The minimum Gasteiger partial charge on any atom is -0.344 e. The first kappa shape index (κ1) is 16.8. The molecule has 0 aliphatic carbocycles. The maximum Gasteiger partial charge on any atom is 0.319 e. The molecule has 1 aromatic heterocycles. The fourth-order valence-corrected chi connectivity index (χ4v) is 2.59. The quantitative estimate of drug-likeness (QED) is 0.723. The summed E-state index contributed by atoms with van der Waals surface area (Å²) >= 11 is 0. The molecular formula is C16H23N5O2. The number of urea groups is 1. The lowest BCUT2D eigenvalue weighted by atomic mass is 10.0. The summed E-state index contributed by atoms with van der Waals surface area (Å²) in [6.07, 6.45) is 1.67. The lowest BCUT2D eigenvalue weighted by Crippen LogP contribution is -2.48. The van der Waals surface area contributed by atoms with Crippen LogP contribution in [0.4, 0.5) is 4.79 Å². The third kappa shape index (κ3) is 3.61. The Labute approximate surface area is 135 Å². The smallest absolute Gasteiger partial charge is 0.319 e. The molecule has 0 spiro atoms. The number of nitrogens with one attached hydrogen (secondary N) is 3. The number of rotatable bonds is 5. The summed E-state index contributed by atoms with van der Waals surface area (Å²) in [5, 5.41) is 5.44. The third-order valence-corrected chi connectivity index (χ3v) is 3.63. The normalized spacial score (nSPS) is 17.6. The fraction of sp³-hybridized carbons (Fsp3) is 0.438. The Morgan fingerprint density at radius 2 is 2.13 bits per heavy atom. The number of amides is 3. The summed E-state index contributed by atoms with van der Waals surface area (Å²) in [4.78, 5) is 33.8. The van der Waals surface area contributed by atoms with E-state index in [0.717, 1.165) is 11.3 Å². The molecule has 0 saturated carbocycles. The van der Waals surface area contributed by atoms with Crippen molar-refractivity contribution in [3.05, 3.63) is 41.1 Å². The third-order valence-electron chi connectivity index (χ3n) is 3.63. The highest BCUT2D eigenvalue weighted by Crippen LogP contribution is 2.26. The van der Waals surface area contributed by atoms with E-state index in [9.17, 15) is 9.59 Å². The molecule has 0 saturated heterocycles. The number of nitrogens with zero attached hydrogens (tertiary/aromatic N) is 2. The van der Waals surface area contributed by atoms with Crippen molar-refractivity contribution in [1.29, 1.82) is 0 Å². The summed E-state index contributed by atoms with van der Waals surface area (Å²) in [5.41, 5.74) is 2.79. The van der Waals surface area contributed by atoms with Gasteiger partial charge in [-0.15, -0.1) is 0 Å². The maximum atomic E-state index is 13.0. The Balaban J connectivity index is 2.41. The molecule has 23 heavy (non-hydrogen) atoms. The first-order valence-electron chi connectivity index (χ1n) is 7.57. The molecule has 2 heterocycles. The number of likely N-dealkylation sites (N-methyl/N-ethyl adjacent to an activating group) is 1. The number of imidazole rings is 1. The molecule has 1 atom stereocenters. The van der Waals surface area contributed by atoms with Gasteiger partial charge in [0, 0.05) is 30.7 Å². The molecule has 1 aliphatic heterocycles. The molecule has 0 aromatic carbocycles. The largest absolute Gasteiger partial charge is 0.344 e. The zero-order valence-corrected chi connectivity index (χ0v) is 14.0. The average Bonchev–Trinajstić information content (AvgIpc) is 2.89. The molecule has 3 N–H and O–H groups in total. The first-order chi connectivity index (χ1) is 10.8. The van der Waals surface area contributed by atoms with E-state index in [-0.39, 0.29) is 11.9 Å². The highest BCUT2D eigenvalue weighted by molar-refractivity contribution is 5.98. The molecule has 0 fully saturated rings. The van der Waals surface area contributed by atoms with Crippen LogP contribution >= 0.6 is 0 Å². The van der Waals surface area contributed by atoms with Gasteiger partial charge >= 0.3 is 6.03 Å². The van der Waals surface area contributed by atoms with Gasteiger partial charge in [-0.25, -0.2) is 9.78 Å². The monoisotopic (exact) mass is 317 g/mol. The van der Waals surface area contributed by atoms with Crippen LogP contribution in [0.2, 0.25) is 0 Å². The Morgan fingerprint density at radius 3 is 2.65 bits per heavy atom. The summed E-state index contributed by atoms with van der Waals surface area (Å²) in [6, 6.07) is -0.940. The Kier molecular flexibility index (Phi) is 4.88. The van der Waals surface area contributed by atoms with Crippen molar-refractivity contribution in [2.75, 3.05) is 13.1 Å². The van der Waals surface area contributed by atoms with Crippen LogP contribution in [0.25, 0.3) is 0 Å². The van der Waals surface area contributed by atoms with Crippen LogP contribution in [0.5, 0.6) is 0 Å². The van der Waals surface area contributed by atoms with E-state index < -0.39 is 6.04 Å². The van der Waals surface area contributed by atoms with Crippen molar-refractivity contribution in [2.24, 2.45) is 0 Å². The number of aryl methyl sites for hydroxylation is 1. The molecule has 7 nitrogen and oxygen atoms in total. The number of carbonyl (C=O) groups excluding carboxylic acids is 2. The predicted octanol–water partition coefficient (Wildman–Crippen LogP) is 1.77. The van der Waals surface area contributed by atoms with Crippen LogP contribution in [0.15, 0.2) is 29.6 Å². The van der Waals surface area contributed by atoms with Gasteiger partial charge in [0.2, 0.25) is 0 Å². The average molecular weight is 317 g/mol. The van der Waals surface area contributed by atoms with Crippen molar-refractivity contribution in [3.8, 4) is 0 Å². The van der Waals surface area contributed by atoms with E-state index in [1.807, 2.05) is 20.8 Å². The number of aromatic amines is 1. The molecule has 124 valence electrons. The summed E-state index contributed by atoms with van der Waals surface area (Å²) in [5.74, 6) is 0.408. The van der Waals surface area contributed by atoms with Gasteiger partial charge in [0.1, 0.15) is 11.9 Å². The molecule has 2 rings (SSSR count). The van der Waals surface area contributed by atoms with E-state index in [4.69, 9.17) is 0 Å². The van der Waals surface area contributed by atoms with Crippen LogP contribution < -0.4 is 10.6 Å². The number of allylic oxidation sites excluding steroid dienone is 1. The Hall–Kier alpha value is -2.57. The second kappa shape index (κ2) is 6.68. The molecule has 0 bridgehead atoms. The first-order valence-corrected chi connectivity index (χ1v) is 7.57. The van der Waals surface area contributed by atoms with Crippen molar-refractivity contribution in [1.82, 2.24) is 25.5 Å². The Morgan fingerprint density at radius 1 is 1.43 bits per heavy atom. The van der Waals surface area contributed by atoms with Gasteiger partial charge in [-0.1, -0.05) is 12.2 Å². The summed E-state index contributed by atoms with van der Waals surface area (Å²) in [6.45, 7) is 12.3. The lowest BCUT2D eigenvalue weighted by Gasteiger charge is -2.31. The van der Waals surface area contributed by atoms with Crippen LogP contribution in [-0.4, -0.2) is 39.9 Å². The van der Waals surface area contributed by atoms with E-state index in [2.05, 4.69) is 27.2 Å². The van der Waals surface area contributed by atoms with Gasteiger partial charge in [-0.3, -0.25) is 4.79 Å². The number of hydrogen-bond donors (Lipinski definition) is 3. The SMILES string of the molecule is C=C(C)CN(CC)C(=O)C1=C(C)NC(=O)N[C@@H]1c1ncc(C)[nH]1.